The summed E-state index contributed by atoms with van der Waals surface area (Å²) in [6, 6.07) is 23.0. The van der Waals surface area contributed by atoms with Gasteiger partial charge in [-0.1, -0.05) is 48.0 Å². The Balaban J connectivity index is 1.67. The summed E-state index contributed by atoms with van der Waals surface area (Å²) in [6.45, 7) is 0.913. The summed E-state index contributed by atoms with van der Waals surface area (Å²) in [5, 5.41) is 5.66. The second kappa shape index (κ2) is 7.01. The molecule has 2 heterocycles. The van der Waals surface area contributed by atoms with Crippen molar-refractivity contribution in [3.05, 3.63) is 88.6 Å². The van der Waals surface area contributed by atoms with Crippen LogP contribution in [0.4, 0.5) is 0 Å². The van der Waals surface area contributed by atoms with Crippen LogP contribution in [-0.2, 0) is 6.42 Å². The van der Waals surface area contributed by atoms with Crippen LogP contribution in [0.15, 0.2) is 66.7 Å². The van der Waals surface area contributed by atoms with Crippen LogP contribution in [0.1, 0.15) is 22.9 Å². The van der Waals surface area contributed by atoms with E-state index >= 15 is 0 Å². The summed E-state index contributed by atoms with van der Waals surface area (Å²) in [6.07, 6.45) is 0.979. The maximum absolute atomic E-state index is 6.26. The van der Waals surface area contributed by atoms with E-state index in [0.29, 0.717) is 0 Å². The topological polar surface area (TPSA) is 37.0 Å². The summed E-state index contributed by atoms with van der Waals surface area (Å²) in [4.78, 5) is 3.63. The van der Waals surface area contributed by atoms with Crippen LogP contribution in [0, 0.1) is 0 Å². The first-order chi connectivity index (χ1) is 13.7. The Morgan fingerprint density at radius 1 is 0.964 bits per heavy atom. The largest absolute Gasteiger partial charge is 0.496 e. The highest BCUT2D eigenvalue weighted by atomic mass is 35.5. The molecule has 1 aromatic heterocycles. The second-order valence-corrected chi connectivity index (χ2v) is 7.60. The van der Waals surface area contributed by atoms with Crippen molar-refractivity contribution in [1.82, 2.24) is 10.3 Å². The van der Waals surface area contributed by atoms with E-state index in [4.69, 9.17) is 16.3 Å². The van der Waals surface area contributed by atoms with Gasteiger partial charge in [-0.05, 0) is 53.4 Å². The summed E-state index contributed by atoms with van der Waals surface area (Å²) in [5.74, 6) is 0.890. The molecule has 0 radical (unpaired) electrons. The van der Waals surface area contributed by atoms with Gasteiger partial charge in [0.15, 0.2) is 0 Å². The van der Waals surface area contributed by atoms with Crippen LogP contribution >= 0.6 is 11.6 Å². The van der Waals surface area contributed by atoms with Crippen molar-refractivity contribution in [3.63, 3.8) is 0 Å². The lowest BCUT2D eigenvalue weighted by Crippen LogP contribution is -2.30. The lowest BCUT2D eigenvalue weighted by atomic mass is 9.91. The van der Waals surface area contributed by atoms with E-state index in [1.54, 1.807) is 7.11 Å². The number of aromatic nitrogens is 1. The maximum Gasteiger partial charge on any atom is 0.124 e. The molecule has 4 aromatic rings. The van der Waals surface area contributed by atoms with Crippen molar-refractivity contribution >= 4 is 22.5 Å². The highest BCUT2D eigenvalue weighted by molar-refractivity contribution is 6.31. The molecule has 1 unspecified atom stereocenters. The van der Waals surface area contributed by atoms with Crippen LogP contribution in [0.25, 0.3) is 22.0 Å². The number of halogens is 1. The number of rotatable bonds is 3. The zero-order valence-corrected chi connectivity index (χ0v) is 16.4. The molecule has 2 N–H and O–H groups in total. The summed E-state index contributed by atoms with van der Waals surface area (Å²) < 4.78 is 5.72. The molecule has 0 saturated carbocycles. The zero-order chi connectivity index (χ0) is 19.1. The third kappa shape index (κ3) is 2.88. The van der Waals surface area contributed by atoms with Crippen LogP contribution < -0.4 is 10.1 Å². The van der Waals surface area contributed by atoms with Gasteiger partial charge in [0.1, 0.15) is 5.75 Å². The molecule has 3 aromatic carbocycles. The minimum atomic E-state index is 0.0496. The van der Waals surface area contributed by atoms with E-state index in [0.717, 1.165) is 34.8 Å². The summed E-state index contributed by atoms with van der Waals surface area (Å²) in [5.41, 5.74) is 7.19. The summed E-state index contributed by atoms with van der Waals surface area (Å²) in [7, 11) is 1.73. The van der Waals surface area contributed by atoms with Gasteiger partial charge in [0.2, 0.25) is 0 Å². The quantitative estimate of drug-likeness (QED) is 0.470. The van der Waals surface area contributed by atoms with Crippen molar-refractivity contribution in [1.29, 1.82) is 0 Å². The number of H-pyrrole nitrogens is 1. The lowest BCUT2D eigenvalue weighted by Gasteiger charge is -2.26. The van der Waals surface area contributed by atoms with Crippen LogP contribution in [0.2, 0.25) is 5.02 Å². The Hall–Kier alpha value is -2.75. The van der Waals surface area contributed by atoms with Gasteiger partial charge in [0.05, 0.1) is 13.2 Å². The fraction of sp³-hybridized carbons (Fsp3) is 0.167. The van der Waals surface area contributed by atoms with Crippen molar-refractivity contribution in [3.8, 4) is 16.9 Å². The third-order valence-electron chi connectivity index (χ3n) is 5.56. The first kappa shape index (κ1) is 17.4. The van der Waals surface area contributed by atoms with Gasteiger partial charge < -0.3 is 15.0 Å². The maximum atomic E-state index is 6.26. The van der Waals surface area contributed by atoms with Crippen LogP contribution in [-0.4, -0.2) is 18.6 Å². The molecular formula is C24H21ClN2O. The van der Waals surface area contributed by atoms with Gasteiger partial charge >= 0.3 is 0 Å². The number of nitrogens with one attached hydrogen (secondary N) is 2. The van der Waals surface area contributed by atoms with Gasteiger partial charge in [-0.3, -0.25) is 0 Å². The number of hydrogen-bond donors (Lipinski definition) is 2. The number of methoxy groups -OCH3 is 1. The molecular weight excluding hydrogens is 368 g/mol. The molecule has 0 fully saturated rings. The molecule has 0 aliphatic carbocycles. The first-order valence-electron chi connectivity index (χ1n) is 9.51. The molecule has 3 nitrogen and oxygen atoms in total. The van der Waals surface area contributed by atoms with E-state index < -0.39 is 0 Å². The Kier molecular flexibility index (Phi) is 4.34. The third-order valence-corrected chi connectivity index (χ3v) is 5.80. The van der Waals surface area contributed by atoms with E-state index in [-0.39, 0.29) is 6.04 Å². The van der Waals surface area contributed by atoms with E-state index in [1.807, 2.05) is 12.1 Å². The molecule has 1 aliphatic rings. The molecule has 1 aliphatic heterocycles. The van der Waals surface area contributed by atoms with Crippen molar-refractivity contribution in [2.24, 2.45) is 0 Å². The number of benzene rings is 3. The predicted molar refractivity (Wildman–Crippen MR) is 115 cm³/mol. The molecule has 0 saturated heterocycles. The van der Waals surface area contributed by atoms with Gasteiger partial charge in [-0.25, -0.2) is 0 Å². The second-order valence-electron chi connectivity index (χ2n) is 7.17. The molecule has 5 rings (SSSR count). The van der Waals surface area contributed by atoms with Crippen LogP contribution in [0.5, 0.6) is 5.75 Å². The van der Waals surface area contributed by atoms with Crippen molar-refractivity contribution in [2.45, 2.75) is 12.5 Å². The number of hydrogen-bond acceptors (Lipinski definition) is 2. The molecule has 140 valence electrons. The predicted octanol–water partition coefficient (Wildman–Crippen LogP) is 5.73. The SMILES string of the molecule is COc1ccc(-c2ccccc2)cc1C1NCCc2c1[nH]c1ccc(Cl)cc21. The molecule has 0 amide bonds. The molecule has 1 atom stereocenters. The molecule has 4 heteroatoms. The number of ether oxygens (including phenoxy) is 1. The Morgan fingerprint density at radius 2 is 1.82 bits per heavy atom. The highest BCUT2D eigenvalue weighted by Crippen LogP contribution is 2.39. The fourth-order valence-corrected chi connectivity index (χ4v) is 4.41. The lowest BCUT2D eigenvalue weighted by molar-refractivity contribution is 0.402. The van der Waals surface area contributed by atoms with Gasteiger partial charge in [-0.15, -0.1) is 0 Å². The zero-order valence-electron chi connectivity index (χ0n) is 15.6. The van der Waals surface area contributed by atoms with E-state index in [1.165, 1.54) is 27.8 Å². The number of fused-ring (bicyclic) bond motifs is 3. The standard InChI is InChI=1S/C24H21ClN2O/c1-28-22-10-7-16(15-5-3-2-4-6-15)13-20(22)23-24-18(11-12-26-23)19-14-17(25)8-9-21(19)27-24/h2-10,13-14,23,26-27H,11-12H2,1H3. The minimum Gasteiger partial charge on any atom is -0.496 e. The summed E-state index contributed by atoms with van der Waals surface area (Å²) >= 11 is 6.26. The molecule has 0 spiro atoms. The van der Waals surface area contributed by atoms with Gasteiger partial charge in [-0.2, -0.15) is 0 Å². The van der Waals surface area contributed by atoms with Crippen molar-refractivity contribution < 1.29 is 4.74 Å². The van der Waals surface area contributed by atoms with Crippen molar-refractivity contribution in [2.75, 3.05) is 13.7 Å². The van der Waals surface area contributed by atoms with Crippen LogP contribution in [0.3, 0.4) is 0 Å². The molecule has 28 heavy (non-hydrogen) atoms. The van der Waals surface area contributed by atoms with Gasteiger partial charge in [0, 0.05) is 33.7 Å². The fourth-order valence-electron chi connectivity index (χ4n) is 4.24. The Bertz CT molecular complexity index is 1150. The van der Waals surface area contributed by atoms with E-state index in [2.05, 4.69) is 64.9 Å². The Morgan fingerprint density at radius 3 is 2.64 bits per heavy atom. The highest BCUT2D eigenvalue weighted by Gasteiger charge is 2.27. The Labute approximate surface area is 169 Å². The van der Waals surface area contributed by atoms with E-state index in [9.17, 15) is 0 Å². The first-order valence-corrected chi connectivity index (χ1v) is 9.89. The molecule has 0 bridgehead atoms. The smallest absolute Gasteiger partial charge is 0.124 e. The number of aromatic amines is 1. The monoisotopic (exact) mass is 388 g/mol. The average Bonchev–Trinajstić information content (AvgIpc) is 3.12. The minimum absolute atomic E-state index is 0.0496. The van der Waals surface area contributed by atoms with Gasteiger partial charge in [0.25, 0.3) is 0 Å². The normalized spacial score (nSPS) is 16.1. The average molecular weight is 389 g/mol.